The van der Waals surface area contributed by atoms with Gasteiger partial charge in [-0.1, -0.05) is 41.9 Å². The molecule has 4 nitrogen and oxygen atoms in total. The third kappa shape index (κ3) is 2.75. The molecule has 1 amide bonds. The Labute approximate surface area is 133 Å². The quantitative estimate of drug-likeness (QED) is 0.895. The van der Waals surface area contributed by atoms with E-state index in [2.05, 4.69) is 10.3 Å². The normalized spacial score (nSPS) is 18.8. The van der Waals surface area contributed by atoms with Crippen LogP contribution in [-0.2, 0) is 4.79 Å². The standard InChI is InChI=1S/C17H15ClN2O2/c1-10(21)15-17(22)19-14-8-7-12(18)9-13(14)16(20-15)11-5-3-2-4-6-11/h2-10,15,21H,1H3,(H,19,22)/t10-,15+/m1/s1. The number of carbonyl (C=O) groups is 1. The van der Waals surface area contributed by atoms with Crippen LogP contribution in [-0.4, -0.2) is 28.9 Å². The van der Waals surface area contributed by atoms with E-state index in [-0.39, 0.29) is 5.91 Å². The molecule has 1 heterocycles. The highest BCUT2D eigenvalue weighted by atomic mass is 35.5. The fourth-order valence-corrected chi connectivity index (χ4v) is 2.62. The number of aliphatic hydroxyl groups is 1. The van der Waals surface area contributed by atoms with E-state index < -0.39 is 12.1 Å². The summed E-state index contributed by atoms with van der Waals surface area (Å²) in [6.07, 6.45) is -0.886. The summed E-state index contributed by atoms with van der Waals surface area (Å²) in [5, 5.41) is 13.2. The molecule has 2 aromatic carbocycles. The van der Waals surface area contributed by atoms with Crippen molar-refractivity contribution in [1.29, 1.82) is 0 Å². The minimum absolute atomic E-state index is 0.329. The van der Waals surface area contributed by atoms with Crippen LogP contribution in [0.4, 0.5) is 5.69 Å². The fraction of sp³-hybridized carbons (Fsp3) is 0.176. The van der Waals surface area contributed by atoms with Crippen molar-refractivity contribution in [3.63, 3.8) is 0 Å². The van der Waals surface area contributed by atoms with Gasteiger partial charge in [-0.25, -0.2) is 0 Å². The van der Waals surface area contributed by atoms with Crippen LogP contribution in [0, 0.1) is 0 Å². The van der Waals surface area contributed by atoms with Gasteiger partial charge in [0.25, 0.3) is 5.91 Å². The van der Waals surface area contributed by atoms with Gasteiger partial charge >= 0.3 is 0 Å². The molecule has 0 spiro atoms. The van der Waals surface area contributed by atoms with Crippen molar-refractivity contribution in [1.82, 2.24) is 0 Å². The smallest absolute Gasteiger partial charge is 0.251 e. The second kappa shape index (κ2) is 5.91. The first-order valence-corrected chi connectivity index (χ1v) is 7.36. The summed E-state index contributed by atoms with van der Waals surface area (Å²) in [5.41, 5.74) is 2.89. The number of amides is 1. The van der Waals surface area contributed by atoms with Crippen molar-refractivity contribution in [2.24, 2.45) is 4.99 Å². The second-order valence-corrected chi connectivity index (χ2v) is 5.64. The third-order valence-electron chi connectivity index (χ3n) is 3.54. The molecule has 3 rings (SSSR count). The Morgan fingerprint density at radius 1 is 1.23 bits per heavy atom. The molecular formula is C17H15ClN2O2. The van der Waals surface area contributed by atoms with Crippen LogP contribution < -0.4 is 5.32 Å². The molecule has 0 saturated carbocycles. The first-order valence-electron chi connectivity index (χ1n) is 6.98. The topological polar surface area (TPSA) is 61.7 Å². The van der Waals surface area contributed by atoms with Gasteiger partial charge in [0, 0.05) is 16.1 Å². The zero-order valence-corrected chi connectivity index (χ0v) is 12.7. The number of anilines is 1. The molecule has 0 bridgehead atoms. The number of carbonyl (C=O) groups excluding carboxylic acids is 1. The van der Waals surface area contributed by atoms with Crippen LogP contribution in [0.5, 0.6) is 0 Å². The summed E-state index contributed by atoms with van der Waals surface area (Å²) >= 11 is 6.10. The van der Waals surface area contributed by atoms with Crippen molar-refractivity contribution in [3.05, 3.63) is 64.7 Å². The molecule has 1 aliphatic heterocycles. The number of fused-ring (bicyclic) bond motifs is 1. The van der Waals surface area contributed by atoms with Gasteiger partial charge in [-0.3, -0.25) is 9.79 Å². The van der Waals surface area contributed by atoms with E-state index in [1.165, 1.54) is 0 Å². The van der Waals surface area contributed by atoms with Crippen molar-refractivity contribution < 1.29 is 9.90 Å². The number of aliphatic hydroxyl groups excluding tert-OH is 1. The lowest BCUT2D eigenvalue weighted by molar-refractivity contribution is -0.119. The van der Waals surface area contributed by atoms with E-state index >= 15 is 0 Å². The van der Waals surface area contributed by atoms with Gasteiger partial charge in [0.1, 0.15) is 0 Å². The van der Waals surface area contributed by atoms with E-state index in [9.17, 15) is 9.90 Å². The minimum Gasteiger partial charge on any atom is -0.391 e. The maximum Gasteiger partial charge on any atom is 0.251 e. The van der Waals surface area contributed by atoms with E-state index in [0.29, 0.717) is 16.4 Å². The first-order chi connectivity index (χ1) is 10.6. The van der Waals surface area contributed by atoms with E-state index in [4.69, 9.17) is 11.6 Å². The molecule has 0 fully saturated rings. The molecule has 5 heteroatoms. The lowest BCUT2D eigenvalue weighted by Gasteiger charge is -2.13. The molecule has 2 aromatic rings. The van der Waals surface area contributed by atoms with E-state index in [1.54, 1.807) is 25.1 Å². The van der Waals surface area contributed by atoms with Gasteiger partial charge in [-0.15, -0.1) is 0 Å². The highest BCUT2D eigenvalue weighted by molar-refractivity contribution is 6.32. The predicted octanol–water partition coefficient (Wildman–Crippen LogP) is 2.88. The van der Waals surface area contributed by atoms with E-state index in [0.717, 1.165) is 11.1 Å². The Morgan fingerprint density at radius 3 is 2.64 bits per heavy atom. The van der Waals surface area contributed by atoms with Gasteiger partial charge in [0.05, 0.1) is 17.5 Å². The summed E-state index contributed by atoms with van der Waals surface area (Å²) in [5.74, 6) is -0.329. The maximum absolute atomic E-state index is 12.3. The van der Waals surface area contributed by atoms with Crippen LogP contribution in [0.25, 0.3) is 0 Å². The number of halogens is 1. The Kier molecular flexibility index (Phi) is 3.96. The molecule has 2 atom stereocenters. The number of nitrogens with one attached hydrogen (secondary N) is 1. The third-order valence-corrected chi connectivity index (χ3v) is 3.77. The van der Waals surface area contributed by atoms with Gasteiger partial charge in [0.2, 0.25) is 0 Å². The number of benzodiazepines with no additional fused rings is 1. The van der Waals surface area contributed by atoms with Crippen LogP contribution in [0.3, 0.4) is 0 Å². The molecule has 1 aliphatic rings. The fourth-order valence-electron chi connectivity index (χ4n) is 2.45. The zero-order valence-electron chi connectivity index (χ0n) is 12.0. The summed E-state index contributed by atoms with van der Waals surface area (Å²) in [6, 6.07) is 13.9. The van der Waals surface area contributed by atoms with Gasteiger partial charge < -0.3 is 10.4 Å². The van der Waals surface area contributed by atoms with Crippen molar-refractivity contribution >= 4 is 28.9 Å². The highest BCUT2D eigenvalue weighted by Gasteiger charge is 2.29. The van der Waals surface area contributed by atoms with Crippen LogP contribution in [0.15, 0.2) is 53.5 Å². The molecule has 0 saturated heterocycles. The summed E-state index contributed by atoms with van der Waals surface area (Å²) in [4.78, 5) is 16.8. The predicted molar refractivity (Wildman–Crippen MR) is 87.6 cm³/mol. The highest BCUT2D eigenvalue weighted by Crippen LogP contribution is 2.27. The molecule has 0 radical (unpaired) electrons. The summed E-state index contributed by atoms with van der Waals surface area (Å²) in [6.45, 7) is 1.55. The minimum atomic E-state index is -0.886. The Bertz CT molecular complexity index is 742. The average Bonchev–Trinajstić information content (AvgIpc) is 2.64. The van der Waals surface area contributed by atoms with Gasteiger partial charge in [-0.05, 0) is 25.1 Å². The number of aliphatic imine (C=N–C) groups is 1. The first kappa shape index (κ1) is 14.8. The zero-order chi connectivity index (χ0) is 15.7. The average molecular weight is 315 g/mol. The summed E-state index contributed by atoms with van der Waals surface area (Å²) < 4.78 is 0. The van der Waals surface area contributed by atoms with Crippen LogP contribution in [0.1, 0.15) is 18.1 Å². The number of rotatable bonds is 2. The van der Waals surface area contributed by atoms with E-state index in [1.807, 2.05) is 30.3 Å². The SMILES string of the molecule is C[C@@H](O)[C@@H]1N=C(c2ccccc2)c2cc(Cl)ccc2NC1=O. The number of hydrogen-bond donors (Lipinski definition) is 2. The largest absolute Gasteiger partial charge is 0.391 e. The van der Waals surface area contributed by atoms with Crippen LogP contribution >= 0.6 is 11.6 Å². The molecule has 0 aliphatic carbocycles. The lowest BCUT2D eigenvalue weighted by Crippen LogP contribution is -2.34. The summed E-state index contributed by atoms with van der Waals surface area (Å²) in [7, 11) is 0. The monoisotopic (exact) mass is 314 g/mol. The van der Waals surface area contributed by atoms with Crippen LogP contribution in [0.2, 0.25) is 5.02 Å². The van der Waals surface area contributed by atoms with Gasteiger partial charge in [0.15, 0.2) is 6.04 Å². The Balaban J connectivity index is 2.23. The maximum atomic E-state index is 12.3. The molecular weight excluding hydrogens is 300 g/mol. The van der Waals surface area contributed by atoms with Crippen molar-refractivity contribution in [3.8, 4) is 0 Å². The van der Waals surface area contributed by atoms with Crippen molar-refractivity contribution in [2.75, 3.05) is 5.32 Å². The Hall–Kier alpha value is -2.17. The number of benzene rings is 2. The molecule has 2 N–H and O–H groups in total. The molecule has 22 heavy (non-hydrogen) atoms. The molecule has 0 unspecified atom stereocenters. The lowest BCUT2D eigenvalue weighted by atomic mass is 10.0. The molecule has 112 valence electrons. The number of nitrogens with zero attached hydrogens (tertiary/aromatic N) is 1. The Morgan fingerprint density at radius 2 is 1.95 bits per heavy atom. The second-order valence-electron chi connectivity index (χ2n) is 5.21. The van der Waals surface area contributed by atoms with Crippen molar-refractivity contribution in [2.45, 2.75) is 19.1 Å². The van der Waals surface area contributed by atoms with Gasteiger partial charge in [-0.2, -0.15) is 0 Å². The number of hydrogen-bond acceptors (Lipinski definition) is 3. The molecule has 0 aromatic heterocycles.